The molecule has 2 saturated heterocycles. The molecule has 2 aliphatic heterocycles. The molecule has 4 heteroatoms. The third-order valence-electron chi connectivity index (χ3n) is 4.66. The summed E-state index contributed by atoms with van der Waals surface area (Å²) in [4.78, 5) is 2.61. The van der Waals surface area contributed by atoms with Crippen molar-refractivity contribution < 1.29 is 9.47 Å². The molecule has 2 fully saturated rings. The molecule has 2 unspecified atom stereocenters. The largest absolute Gasteiger partial charge is 0.381 e. The molecule has 0 bridgehead atoms. The quantitative estimate of drug-likeness (QED) is 0.814. The maximum Gasteiger partial charge on any atom is 0.0678 e. The Morgan fingerprint density at radius 3 is 2.33 bits per heavy atom. The molecule has 0 spiro atoms. The standard InChI is InChI=1S/C17H34N2O2/c1-14(2)9-18-12-17(5-7-20-8-6-17)13-19-10-15(3)21-16(4)11-19/h14-16,18H,5-13H2,1-4H3. The van der Waals surface area contributed by atoms with Gasteiger partial charge in [-0.2, -0.15) is 0 Å². The minimum absolute atomic E-state index is 0.356. The SMILES string of the molecule is CC(C)CNCC1(CN2CC(C)OC(C)C2)CCOCC1. The van der Waals surface area contributed by atoms with Gasteiger partial charge in [0.2, 0.25) is 0 Å². The highest BCUT2D eigenvalue weighted by molar-refractivity contribution is 4.89. The maximum absolute atomic E-state index is 5.87. The van der Waals surface area contributed by atoms with Crippen LogP contribution in [0, 0.1) is 11.3 Å². The monoisotopic (exact) mass is 298 g/mol. The van der Waals surface area contributed by atoms with Gasteiger partial charge in [-0.25, -0.2) is 0 Å². The van der Waals surface area contributed by atoms with E-state index in [1.807, 2.05) is 0 Å². The van der Waals surface area contributed by atoms with Gasteiger partial charge in [0, 0.05) is 39.4 Å². The van der Waals surface area contributed by atoms with Crippen LogP contribution in [0.1, 0.15) is 40.5 Å². The van der Waals surface area contributed by atoms with Crippen LogP contribution in [0.4, 0.5) is 0 Å². The van der Waals surface area contributed by atoms with E-state index in [1.165, 1.54) is 19.4 Å². The van der Waals surface area contributed by atoms with E-state index in [-0.39, 0.29) is 0 Å². The lowest BCUT2D eigenvalue weighted by atomic mass is 9.79. The zero-order valence-corrected chi connectivity index (χ0v) is 14.4. The fourth-order valence-electron chi connectivity index (χ4n) is 3.71. The average Bonchev–Trinajstić information content (AvgIpc) is 2.37. The zero-order chi connectivity index (χ0) is 15.3. The van der Waals surface area contributed by atoms with E-state index in [4.69, 9.17) is 9.47 Å². The number of hydrogen-bond donors (Lipinski definition) is 1. The van der Waals surface area contributed by atoms with E-state index in [0.29, 0.717) is 23.5 Å². The van der Waals surface area contributed by atoms with Crippen molar-refractivity contribution in [1.82, 2.24) is 10.2 Å². The fraction of sp³-hybridized carbons (Fsp3) is 1.00. The zero-order valence-electron chi connectivity index (χ0n) is 14.4. The van der Waals surface area contributed by atoms with Crippen LogP contribution in [0.3, 0.4) is 0 Å². The van der Waals surface area contributed by atoms with E-state index in [0.717, 1.165) is 39.4 Å². The van der Waals surface area contributed by atoms with Gasteiger partial charge >= 0.3 is 0 Å². The van der Waals surface area contributed by atoms with Crippen LogP contribution in [-0.2, 0) is 9.47 Å². The summed E-state index contributed by atoms with van der Waals surface area (Å²) in [5, 5.41) is 3.69. The molecule has 0 aliphatic carbocycles. The summed E-state index contributed by atoms with van der Waals surface area (Å²) in [6.07, 6.45) is 3.07. The number of rotatable bonds is 6. The molecule has 0 radical (unpaired) electrons. The van der Waals surface area contributed by atoms with Crippen LogP contribution in [0.15, 0.2) is 0 Å². The predicted octanol–water partition coefficient (Wildman–Crippen LogP) is 2.14. The second-order valence-electron chi connectivity index (χ2n) is 7.59. The van der Waals surface area contributed by atoms with Crippen molar-refractivity contribution in [2.45, 2.75) is 52.7 Å². The van der Waals surface area contributed by atoms with Crippen molar-refractivity contribution in [3.63, 3.8) is 0 Å². The number of nitrogens with one attached hydrogen (secondary N) is 1. The Balaban J connectivity index is 1.91. The van der Waals surface area contributed by atoms with Crippen molar-refractivity contribution in [1.29, 1.82) is 0 Å². The van der Waals surface area contributed by atoms with E-state index in [1.54, 1.807) is 0 Å². The molecule has 124 valence electrons. The van der Waals surface area contributed by atoms with Crippen molar-refractivity contribution >= 4 is 0 Å². The highest BCUT2D eigenvalue weighted by Gasteiger charge is 2.36. The number of morpholine rings is 1. The van der Waals surface area contributed by atoms with Crippen molar-refractivity contribution in [2.75, 3.05) is 45.9 Å². The first kappa shape index (κ1) is 17.2. The fourth-order valence-corrected chi connectivity index (χ4v) is 3.71. The molecule has 4 nitrogen and oxygen atoms in total. The molecule has 21 heavy (non-hydrogen) atoms. The summed E-state index contributed by atoms with van der Waals surface area (Å²) in [7, 11) is 0. The van der Waals surface area contributed by atoms with Crippen molar-refractivity contribution in [3.8, 4) is 0 Å². The average molecular weight is 298 g/mol. The molecule has 0 aromatic rings. The second-order valence-corrected chi connectivity index (χ2v) is 7.59. The van der Waals surface area contributed by atoms with E-state index in [9.17, 15) is 0 Å². The Labute approximate surface area is 130 Å². The summed E-state index contributed by atoms with van der Waals surface area (Å²) in [6, 6.07) is 0. The molecule has 0 amide bonds. The van der Waals surface area contributed by atoms with Gasteiger partial charge in [-0.15, -0.1) is 0 Å². The molecule has 0 aromatic heterocycles. The van der Waals surface area contributed by atoms with Gasteiger partial charge in [-0.05, 0) is 44.6 Å². The number of hydrogen-bond acceptors (Lipinski definition) is 4. The summed E-state index contributed by atoms with van der Waals surface area (Å²) >= 11 is 0. The first-order valence-corrected chi connectivity index (χ1v) is 8.65. The molecule has 2 heterocycles. The summed E-state index contributed by atoms with van der Waals surface area (Å²) < 4.78 is 11.5. The number of ether oxygens (including phenoxy) is 2. The van der Waals surface area contributed by atoms with Crippen molar-refractivity contribution in [3.05, 3.63) is 0 Å². The Morgan fingerprint density at radius 2 is 1.76 bits per heavy atom. The molecule has 1 N–H and O–H groups in total. The van der Waals surface area contributed by atoms with E-state index < -0.39 is 0 Å². The molecule has 2 atom stereocenters. The molecule has 2 rings (SSSR count). The number of nitrogens with zero attached hydrogens (tertiary/aromatic N) is 1. The minimum atomic E-state index is 0.356. The van der Waals surface area contributed by atoms with Crippen LogP contribution in [0.2, 0.25) is 0 Å². The Kier molecular flexibility index (Phi) is 6.48. The molecule has 0 aromatic carbocycles. The smallest absolute Gasteiger partial charge is 0.0678 e. The first-order valence-electron chi connectivity index (χ1n) is 8.65. The molecule has 0 saturated carbocycles. The Bertz CT molecular complexity index is 293. The van der Waals surface area contributed by atoms with Crippen LogP contribution >= 0.6 is 0 Å². The van der Waals surface area contributed by atoms with E-state index in [2.05, 4.69) is 37.9 Å². The van der Waals surface area contributed by atoms with Crippen LogP contribution in [0.25, 0.3) is 0 Å². The first-order chi connectivity index (χ1) is 9.99. The van der Waals surface area contributed by atoms with Gasteiger partial charge in [0.25, 0.3) is 0 Å². The lowest BCUT2D eigenvalue weighted by molar-refractivity contribution is -0.0876. The van der Waals surface area contributed by atoms with Crippen LogP contribution < -0.4 is 5.32 Å². The van der Waals surface area contributed by atoms with Gasteiger partial charge in [0.05, 0.1) is 12.2 Å². The normalized spacial score (nSPS) is 30.7. The lowest BCUT2D eigenvalue weighted by Gasteiger charge is -2.44. The topological polar surface area (TPSA) is 33.7 Å². The van der Waals surface area contributed by atoms with Gasteiger partial charge in [-0.3, -0.25) is 4.90 Å². The molecular formula is C17H34N2O2. The molecule has 2 aliphatic rings. The van der Waals surface area contributed by atoms with Gasteiger partial charge in [0.15, 0.2) is 0 Å². The predicted molar refractivity (Wildman–Crippen MR) is 86.6 cm³/mol. The summed E-state index contributed by atoms with van der Waals surface area (Å²) in [5.41, 5.74) is 0.379. The van der Waals surface area contributed by atoms with Crippen molar-refractivity contribution in [2.24, 2.45) is 11.3 Å². The minimum Gasteiger partial charge on any atom is -0.381 e. The summed E-state index contributed by atoms with van der Waals surface area (Å²) in [6.45, 7) is 16.3. The third-order valence-corrected chi connectivity index (χ3v) is 4.66. The Morgan fingerprint density at radius 1 is 1.14 bits per heavy atom. The second kappa shape index (κ2) is 7.91. The van der Waals surface area contributed by atoms with E-state index >= 15 is 0 Å². The van der Waals surface area contributed by atoms with Crippen LogP contribution in [0.5, 0.6) is 0 Å². The maximum atomic E-state index is 5.87. The third kappa shape index (κ3) is 5.51. The molecular weight excluding hydrogens is 264 g/mol. The Hall–Kier alpha value is -0.160. The summed E-state index contributed by atoms with van der Waals surface area (Å²) in [5.74, 6) is 0.713. The lowest BCUT2D eigenvalue weighted by Crippen LogP contribution is -2.53. The van der Waals surface area contributed by atoms with Gasteiger partial charge in [0.1, 0.15) is 0 Å². The highest BCUT2D eigenvalue weighted by atomic mass is 16.5. The van der Waals surface area contributed by atoms with Crippen LogP contribution in [-0.4, -0.2) is 63.0 Å². The van der Waals surface area contributed by atoms with Gasteiger partial charge in [-0.1, -0.05) is 13.8 Å². The highest BCUT2D eigenvalue weighted by Crippen LogP contribution is 2.32. The van der Waals surface area contributed by atoms with Gasteiger partial charge < -0.3 is 14.8 Å².